The lowest BCUT2D eigenvalue weighted by Gasteiger charge is -2.35. The largest absolute Gasteiger partial charge is 0.493 e. The summed E-state index contributed by atoms with van der Waals surface area (Å²) in [7, 11) is 3.26. The topological polar surface area (TPSA) is 38.8 Å². The molecule has 2 aromatic carbocycles. The zero-order valence-corrected chi connectivity index (χ0v) is 15.6. The summed E-state index contributed by atoms with van der Waals surface area (Å²) in [4.78, 5) is 14.9. The third kappa shape index (κ3) is 3.00. The van der Waals surface area contributed by atoms with Crippen LogP contribution in [-0.2, 0) is 13.0 Å². The van der Waals surface area contributed by atoms with Crippen LogP contribution in [0, 0.1) is 0 Å². The second kappa shape index (κ2) is 6.85. The summed E-state index contributed by atoms with van der Waals surface area (Å²) in [6.07, 6.45) is 0.798. The maximum Gasteiger partial charge on any atom is 0.255 e. The first kappa shape index (κ1) is 16.8. The van der Waals surface area contributed by atoms with Gasteiger partial charge >= 0.3 is 0 Å². The van der Waals surface area contributed by atoms with Crippen LogP contribution >= 0.6 is 15.9 Å². The Balaban J connectivity index is 1.94. The van der Waals surface area contributed by atoms with E-state index in [1.165, 1.54) is 5.56 Å². The van der Waals surface area contributed by atoms with Crippen LogP contribution in [0.1, 0.15) is 28.4 Å². The third-order valence-corrected chi connectivity index (χ3v) is 5.15. The molecule has 126 valence electrons. The van der Waals surface area contributed by atoms with E-state index < -0.39 is 0 Å². The Hall–Kier alpha value is -2.01. The zero-order chi connectivity index (χ0) is 17.3. The summed E-state index contributed by atoms with van der Waals surface area (Å²) in [5.74, 6) is 1.46. The van der Waals surface area contributed by atoms with Gasteiger partial charge in [-0.3, -0.25) is 4.79 Å². The van der Waals surface area contributed by atoms with Crippen LogP contribution in [0.5, 0.6) is 11.5 Å². The fourth-order valence-electron chi connectivity index (χ4n) is 3.13. The number of nitrogens with zero attached hydrogens (tertiary/aromatic N) is 1. The Labute approximate surface area is 150 Å². The molecule has 0 aromatic heterocycles. The minimum absolute atomic E-state index is 0.0374. The van der Waals surface area contributed by atoms with Gasteiger partial charge in [-0.05, 0) is 64.7 Å². The summed E-state index contributed by atoms with van der Waals surface area (Å²) < 4.78 is 11.6. The highest BCUT2D eigenvalue weighted by atomic mass is 79.9. The zero-order valence-electron chi connectivity index (χ0n) is 14.0. The number of halogens is 1. The smallest absolute Gasteiger partial charge is 0.255 e. The molecular weight excluding hydrogens is 370 g/mol. The van der Waals surface area contributed by atoms with Crippen LogP contribution in [-0.4, -0.2) is 31.1 Å². The summed E-state index contributed by atoms with van der Waals surface area (Å²) in [6, 6.07) is 11.6. The van der Waals surface area contributed by atoms with Crippen LogP contribution in [0.3, 0.4) is 0 Å². The van der Waals surface area contributed by atoms with Gasteiger partial charge in [0.05, 0.1) is 19.8 Å². The normalized spacial score (nSPS) is 16.5. The van der Waals surface area contributed by atoms with E-state index in [0.717, 1.165) is 22.2 Å². The van der Waals surface area contributed by atoms with Gasteiger partial charge in [-0.1, -0.05) is 12.1 Å². The van der Waals surface area contributed by atoms with Crippen molar-refractivity contribution in [2.24, 2.45) is 0 Å². The quantitative estimate of drug-likeness (QED) is 0.794. The van der Waals surface area contributed by atoms with Crippen molar-refractivity contribution in [3.05, 3.63) is 57.6 Å². The van der Waals surface area contributed by atoms with Gasteiger partial charge in [0.15, 0.2) is 11.5 Å². The molecule has 0 radical (unpaired) electrons. The maximum absolute atomic E-state index is 13.0. The molecule has 0 bridgehead atoms. The molecule has 2 aromatic rings. The number of carbonyl (C=O) groups is 1. The van der Waals surface area contributed by atoms with Crippen molar-refractivity contribution in [3.8, 4) is 11.5 Å². The Kier molecular flexibility index (Phi) is 4.81. The molecule has 1 atom stereocenters. The molecular formula is C19H20BrNO3. The van der Waals surface area contributed by atoms with Gasteiger partial charge in [-0.2, -0.15) is 0 Å². The minimum Gasteiger partial charge on any atom is -0.493 e. The van der Waals surface area contributed by atoms with Crippen molar-refractivity contribution in [1.82, 2.24) is 4.90 Å². The molecule has 1 unspecified atom stereocenters. The first-order valence-electron chi connectivity index (χ1n) is 7.84. The fourth-order valence-corrected chi connectivity index (χ4v) is 3.58. The van der Waals surface area contributed by atoms with Gasteiger partial charge in [-0.15, -0.1) is 0 Å². The highest BCUT2D eigenvalue weighted by molar-refractivity contribution is 9.10. The van der Waals surface area contributed by atoms with Gasteiger partial charge < -0.3 is 14.4 Å². The maximum atomic E-state index is 13.0. The van der Waals surface area contributed by atoms with Crippen molar-refractivity contribution in [3.63, 3.8) is 0 Å². The van der Waals surface area contributed by atoms with Crippen molar-refractivity contribution in [2.75, 3.05) is 14.2 Å². The first-order chi connectivity index (χ1) is 11.5. The number of benzene rings is 2. The van der Waals surface area contributed by atoms with Gasteiger partial charge in [0, 0.05) is 17.1 Å². The molecule has 1 amide bonds. The SMILES string of the molecule is COc1cc2c(cc1OC)CN(C(=O)c1ccccc1Br)C(C)C2. The van der Waals surface area contributed by atoms with Crippen molar-refractivity contribution in [2.45, 2.75) is 25.9 Å². The van der Waals surface area contributed by atoms with Crippen molar-refractivity contribution >= 4 is 21.8 Å². The lowest BCUT2D eigenvalue weighted by molar-refractivity contribution is 0.0657. The predicted octanol–water partition coefficient (Wildman–Crippen LogP) is 4.05. The summed E-state index contributed by atoms with van der Waals surface area (Å²) >= 11 is 3.47. The van der Waals surface area contributed by atoms with E-state index in [1.807, 2.05) is 41.3 Å². The Morgan fingerprint density at radius 1 is 1.12 bits per heavy atom. The van der Waals surface area contributed by atoms with E-state index in [2.05, 4.69) is 22.9 Å². The van der Waals surface area contributed by atoms with E-state index in [4.69, 9.17) is 9.47 Å². The predicted molar refractivity (Wildman–Crippen MR) is 96.7 cm³/mol. The van der Waals surface area contributed by atoms with E-state index in [1.54, 1.807) is 14.2 Å². The van der Waals surface area contributed by atoms with E-state index in [0.29, 0.717) is 17.9 Å². The number of methoxy groups -OCH3 is 2. The molecule has 24 heavy (non-hydrogen) atoms. The van der Waals surface area contributed by atoms with Crippen LogP contribution in [0.4, 0.5) is 0 Å². The van der Waals surface area contributed by atoms with Crippen molar-refractivity contribution < 1.29 is 14.3 Å². The molecule has 0 saturated carbocycles. The third-order valence-electron chi connectivity index (χ3n) is 4.46. The molecule has 1 aliphatic heterocycles. The number of ether oxygens (including phenoxy) is 2. The molecule has 5 heteroatoms. The molecule has 3 rings (SSSR count). The molecule has 0 spiro atoms. The molecule has 1 heterocycles. The standard InChI is InChI=1S/C19H20BrNO3/c1-12-8-13-9-17(23-2)18(24-3)10-14(13)11-21(12)19(22)15-6-4-5-7-16(15)20/h4-7,9-10,12H,8,11H2,1-3H3. The van der Waals surface area contributed by atoms with E-state index in [-0.39, 0.29) is 11.9 Å². The number of hydrogen-bond acceptors (Lipinski definition) is 3. The monoisotopic (exact) mass is 389 g/mol. The van der Waals surface area contributed by atoms with Gasteiger partial charge in [0.25, 0.3) is 5.91 Å². The van der Waals surface area contributed by atoms with Crippen LogP contribution in [0.15, 0.2) is 40.9 Å². The highest BCUT2D eigenvalue weighted by Crippen LogP contribution is 2.35. The molecule has 0 aliphatic carbocycles. The lowest BCUT2D eigenvalue weighted by Crippen LogP contribution is -2.42. The Bertz CT molecular complexity index is 775. The molecule has 0 N–H and O–H groups in total. The van der Waals surface area contributed by atoms with Crippen LogP contribution in [0.25, 0.3) is 0 Å². The molecule has 0 saturated heterocycles. The summed E-state index contributed by atoms with van der Waals surface area (Å²) in [6.45, 7) is 2.64. The number of carbonyl (C=O) groups excluding carboxylic acids is 1. The highest BCUT2D eigenvalue weighted by Gasteiger charge is 2.29. The summed E-state index contributed by atoms with van der Waals surface area (Å²) in [5.41, 5.74) is 3.00. The van der Waals surface area contributed by atoms with Crippen LogP contribution < -0.4 is 9.47 Å². The summed E-state index contributed by atoms with van der Waals surface area (Å²) in [5, 5.41) is 0. The number of rotatable bonds is 3. The number of fused-ring (bicyclic) bond motifs is 1. The first-order valence-corrected chi connectivity index (χ1v) is 8.63. The molecule has 1 aliphatic rings. The van der Waals surface area contributed by atoms with Crippen molar-refractivity contribution in [1.29, 1.82) is 0 Å². The Morgan fingerprint density at radius 3 is 2.38 bits per heavy atom. The van der Waals surface area contributed by atoms with Crippen LogP contribution in [0.2, 0.25) is 0 Å². The lowest BCUT2D eigenvalue weighted by atomic mass is 9.93. The second-order valence-corrected chi connectivity index (χ2v) is 6.80. The average Bonchev–Trinajstić information content (AvgIpc) is 2.59. The van der Waals surface area contributed by atoms with Gasteiger partial charge in [0.1, 0.15) is 0 Å². The second-order valence-electron chi connectivity index (χ2n) is 5.94. The number of hydrogen-bond donors (Lipinski definition) is 0. The van der Waals surface area contributed by atoms with E-state index >= 15 is 0 Å². The van der Waals surface area contributed by atoms with Gasteiger partial charge in [0.2, 0.25) is 0 Å². The van der Waals surface area contributed by atoms with Gasteiger partial charge in [-0.25, -0.2) is 0 Å². The van der Waals surface area contributed by atoms with E-state index in [9.17, 15) is 4.79 Å². The minimum atomic E-state index is 0.0374. The number of amides is 1. The Morgan fingerprint density at radius 2 is 1.75 bits per heavy atom. The molecule has 4 nitrogen and oxygen atoms in total. The molecule has 0 fully saturated rings. The fraction of sp³-hybridized carbons (Fsp3) is 0.316. The average molecular weight is 390 g/mol.